The van der Waals surface area contributed by atoms with Crippen molar-refractivity contribution in [2.75, 3.05) is 13.2 Å². The molecule has 1 aliphatic carbocycles. The number of hydrogen-bond donors (Lipinski definition) is 1. The Balaban J connectivity index is 1.34. The number of ether oxygens (including phenoxy) is 1. The van der Waals surface area contributed by atoms with Gasteiger partial charge in [-0.2, -0.15) is 5.06 Å². The molecule has 5 rings (SSSR count). The first-order chi connectivity index (χ1) is 19.6. The van der Waals surface area contributed by atoms with Gasteiger partial charge in [-0.3, -0.25) is 4.84 Å². The third-order valence-electron chi connectivity index (χ3n) is 9.02. The monoisotopic (exact) mass is 599 g/mol. The van der Waals surface area contributed by atoms with Crippen molar-refractivity contribution in [3.8, 4) is 0 Å². The summed E-state index contributed by atoms with van der Waals surface area (Å²) in [5.74, 6) is 0.585. The molecule has 2 aromatic rings. The second-order valence-corrected chi connectivity index (χ2v) is 19.2. The molecule has 1 spiro atoms. The topological polar surface area (TPSA) is 119 Å². The molecule has 1 aromatic heterocycles. The van der Waals surface area contributed by atoms with Crippen LogP contribution in [0.25, 0.3) is 0 Å². The number of urea groups is 1. The largest absolute Gasteiger partial charge is 0.444 e. The summed E-state index contributed by atoms with van der Waals surface area (Å²) in [6.07, 6.45) is 2.17. The summed E-state index contributed by atoms with van der Waals surface area (Å²) in [6, 6.07) is 8.58. The first-order valence-corrected chi connectivity index (χ1v) is 17.7. The maximum absolute atomic E-state index is 13.6. The van der Waals surface area contributed by atoms with Crippen molar-refractivity contribution in [1.82, 2.24) is 25.5 Å². The highest BCUT2D eigenvalue weighted by atomic mass is 28.4. The summed E-state index contributed by atoms with van der Waals surface area (Å²) < 4.78 is 18.2. The van der Waals surface area contributed by atoms with Crippen LogP contribution in [0.4, 0.5) is 9.59 Å². The molecule has 12 heteroatoms. The smallest absolute Gasteiger partial charge is 0.408 e. The van der Waals surface area contributed by atoms with Crippen LogP contribution in [-0.2, 0) is 20.6 Å². The Morgan fingerprint density at radius 2 is 1.83 bits per heavy atom. The van der Waals surface area contributed by atoms with E-state index in [-0.39, 0.29) is 41.1 Å². The number of amides is 3. The Kier molecular flexibility index (Phi) is 7.95. The van der Waals surface area contributed by atoms with E-state index in [2.05, 4.69) is 49.4 Å². The molecule has 0 radical (unpaired) electrons. The molecule has 1 saturated carbocycles. The van der Waals surface area contributed by atoms with Crippen molar-refractivity contribution in [2.45, 2.75) is 109 Å². The minimum absolute atomic E-state index is 0.00748. The number of carbonyl (C=O) groups is 2. The molecule has 3 heterocycles. The van der Waals surface area contributed by atoms with Gasteiger partial charge in [-0.15, -0.1) is 10.2 Å². The number of piperidine rings is 1. The fourth-order valence-corrected chi connectivity index (χ4v) is 6.39. The number of nitrogens with zero attached hydrogens (tertiary/aromatic N) is 4. The van der Waals surface area contributed by atoms with Gasteiger partial charge in [0.05, 0.1) is 12.6 Å². The Morgan fingerprint density at radius 3 is 2.45 bits per heavy atom. The van der Waals surface area contributed by atoms with Crippen molar-refractivity contribution < 1.29 is 28.0 Å². The van der Waals surface area contributed by atoms with E-state index in [0.29, 0.717) is 19.0 Å². The van der Waals surface area contributed by atoms with E-state index in [1.807, 2.05) is 51.1 Å². The molecule has 2 bridgehead atoms. The highest BCUT2D eigenvalue weighted by Gasteiger charge is 2.64. The Hall–Kier alpha value is -2.96. The molecule has 3 aliphatic rings. The zero-order valence-corrected chi connectivity index (χ0v) is 27.1. The van der Waals surface area contributed by atoms with Gasteiger partial charge in [-0.25, -0.2) is 9.59 Å². The van der Waals surface area contributed by atoms with Crippen LogP contribution in [0.5, 0.6) is 0 Å². The zero-order valence-electron chi connectivity index (χ0n) is 26.1. The van der Waals surface area contributed by atoms with Gasteiger partial charge in [-0.1, -0.05) is 51.1 Å². The van der Waals surface area contributed by atoms with Crippen LogP contribution in [-0.4, -0.2) is 65.4 Å². The van der Waals surface area contributed by atoms with Crippen LogP contribution in [0, 0.1) is 5.41 Å². The second kappa shape index (κ2) is 10.9. The molecule has 3 amide bonds. The minimum Gasteiger partial charge on any atom is -0.444 e. The summed E-state index contributed by atoms with van der Waals surface area (Å²) in [5.41, 5.74) is 0.308. The molecular weight excluding hydrogens is 554 g/mol. The fourth-order valence-electron chi connectivity index (χ4n) is 5.37. The number of hydrogen-bond acceptors (Lipinski definition) is 8. The third kappa shape index (κ3) is 6.35. The lowest BCUT2D eigenvalue weighted by molar-refractivity contribution is -0.153. The number of nitrogens with one attached hydrogen (secondary N) is 1. The standard InChI is InChI=1S/C30H45N5O6Si/c1-28(2,3)41-26(36)31-21(19-39-42(7,8)29(4,5)6)24-32-33-25(40-24)22-16-30(14-15-30)23-17-34(22)27(37)35(23)38-18-20-12-10-9-11-13-20/h9-13,21-23H,14-19H2,1-8H3,(H,31,36)/t21?,22-,23+/m0/s1. The van der Waals surface area contributed by atoms with Gasteiger partial charge in [0, 0.05) is 6.54 Å². The van der Waals surface area contributed by atoms with Crippen LogP contribution < -0.4 is 5.32 Å². The van der Waals surface area contributed by atoms with Crippen LogP contribution in [0.1, 0.15) is 90.2 Å². The van der Waals surface area contributed by atoms with E-state index in [1.165, 1.54) is 0 Å². The van der Waals surface area contributed by atoms with Gasteiger partial charge in [0.1, 0.15) is 24.3 Å². The molecule has 2 aliphatic heterocycles. The quantitative estimate of drug-likeness (QED) is 0.343. The average molecular weight is 600 g/mol. The van der Waals surface area contributed by atoms with Crippen LogP contribution in [0.3, 0.4) is 0 Å². The number of hydroxylamine groups is 2. The number of alkyl carbamates (subject to hydrolysis) is 1. The predicted octanol–water partition coefficient (Wildman–Crippen LogP) is 6.12. The fraction of sp³-hybridized carbons (Fsp3) is 0.667. The molecule has 3 atom stereocenters. The molecule has 3 fully saturated rings. The van der Waals surface area contributed by atoms with Gasteiger partial charge in [0.25, 0.3) is 0 Å². The summed E-state index contributed by atoms with van der Waals surface area (Å²) in [4.78, 5) is 34.2. The van der Waals surface area contributed by atoms with Crippen molar-refractivity contribution in [3.05, 3.63) is 47.7 Å². The van der Waals surface area contributed by atoms with Crippen LogP contribution >= 0.6 is 0 Å². The highest BCUT2D eigenvalue weighted by molar-refractivity contribution is 6.74. The highest BCUT2D eigenvalue weighted by Crippen LogP contribution is 2.61. The maximum Gasteiger partial charge on any atom is 0.408 e. The number of aromatic nitrogens is 2. The number of benzene rings is 1. The first-order valence-electron chi connectivity index (χ1n) is 14.8. The lowest BCUT2D eigenvalue weighted by atomic mass is 9.85. The Bertz CT molecular complexity index is 1280. The van der Waals surface area contributed by atoms with Gasteiger partial charge < -0.3 is 23.8 Å². The molecule has 1 unspecified atom stereocenters. The van der Waals surface area contributed by atoms with Gasteiger partial charge in [0.15, 0.2) is 8.32 Å². The van der Waals surface area contributed by atoms with Crippen LogP contribution in [0.2, 0.25) is 18.1 Å². The summed E-state index contributed by atoms with van der Waals surface area (Å²) in [7, 11) is -2.15. The Labute approximate surface area is 249 Å². The van der Waals surface area contributed by atoms with E-state index in [4.69, 9.17) is 18.4 Å². The van der Waals surface area contributed by atoms with E-state index in [9.17, 15) is 9.59 Å². The normalized spacial score (nSPS) is 22.4. The summed E-state index contributed by atoms with van der Waals surface area (Å²) in [6.45, 7) is 17.2. The van der Waals surface area contributed by atoms with E-state index in [0.717, 1.165) is 24.8 Å². The number of fused-ring (bicyclic) bond motifs is 3. The summed E-state index contributed by atoms with van der Waals surface area (Å²) in [5, 5.41) is 13.1. The molecular formula is C30H45N5O6Si. The molecule has 1 N–H and O–H groups in total. The zero-order chi connectivity index (χ0) is 30.5. The van der Waals surface area contributed by atoms with Crippen molar-refractivity contribution >= 4 is 20.4 Å². The molecule has 230 valence electrons. The number of rotatable bonds is 9. The molecule has 2 saturated heterocycles. The van der Waals surface area contributed by atoms with E-state index < -0.39 is 26.1 Å². The Morgan fingerprint density at radius 1 is 1.14 bits per heavy atom. The average Bonchev–Trinajstić information content (AvgIpc) is 3.36. The van der Waals surface area contributed by atoms with Gasteiger partial charge in [-0.05, 0) is 69.1 Å². The van der Waals surface area contributed by atoms with Gasteiger partial charge >= 0.3 is 12.1 Å². The predicted molar refractivity (Wildman–Crippen MR) is 158 cm³/mol. The lowest BCUT2D eigenvalue weighted by Crippen LogP contribution is -2.44. The lowest BCUT2D eigenvalue weighted by Gasteiger charge is -2.37. The van der Waals surface area contributed by atoms with E-state index in [1.54, 1.807) is 9.96 Å². The van der Waals surface area contributed by atoms with Crippen molar-refractivity contribution in [3.63, 3.8) is 0 Å². The maximum atomic E-state index is 13.6. The molecule has 42 heavy (non-hydrogen) atoms. The SMILES string of the molecule is CC(C)(C)OC(=O)NC(CO[Si](C)(C)C(C)(C)C)c1nnc([C@@H]2CC3(CC3)[C@H]3CN2C(=O)N3OCc2ccccc2)o1. The summed E-state index contributed by atoms with van der Waals surface area (Å²) >= 11 is 0. The second-order valence-electron chi connectivity index (χ2n) is 14.4. The molecule has 11 nitrogen and oxygen atoms in total. The number of carbonyl (C=O) groups excluding carboxylic acids is 2. The first kappa shape index (κ1) is 30.5. The van der Waals surface area contributed by atoms with E-state index >= 15 is 0 Å². The van der Waals surface area contributed by atoms with Crippen molar-refractivity contribution in [1.29, 1.82) is 0 Å². The van der Waals surface area contributed by atoms with Crippen molar-refractivity contribution in [2.24, 2.45) is 5.41 Å². The molecule has 1 aromatic carbocycles. The third-order valence-corrected chi connectivity index (χ3v) is 13.5. The van der Waals surface area contributed by atoms with Crippen LogP contribution in [0.15, 0.2) is 34.7 Å². The minimum atomic E-state index is -2.15. The van der Waals surface area contributed by atoms with Gasteiger partial charge in [0.2, 0.25) is 11.8 Å².